The number of pyridine rings is 2. The number of aryl methyl sites for hydroxylation is 1. The average Bonchev–Trinajstić information content (AvgIpc) is 2.63. The van der Waals surface area contributed by atoms with Gasteiger partial charge in [-0.05, 0) is 43.3 Å². The molecule has 1 aromatic carbocycles. The molecule has 5 heteroatoms. The second-order valence-electron chi connectivity index (χ2n) is 5.42. The quantitative estimate of drug-likeness (QED) is 0.756. The molecule has 0 radical (unpaired) electrons. The normalized spacial score (nSPS) is 10.2. The van der Waals surface area contributed by atoms with E-state index in [2.05, 4.69) is 20.6 Å². The van der Waals surface area contributed by atoms with E-state index in [1.807, 2.05) is 55.5 Å². The Labute approximate surface area is 140 Å². The number of nitrogens with one attached hydrogen (secondary N) is 2. The summed E-state index contributed by atoms with van der Waals surface area (Å²) in [5.41, 5.74) is 4.15. The van der Waals surface area contributed by atoms with Gasteiger partial charge >= 0.3 is 0 Å². The van der Waals surface area contributed by atoms with E-state index in [1.54, 1.807) is 18.5 Å². The summed E-state index contributed by atoms with van der Waals surface area (Å²) in [4.78, 5) is 20.6. The van der Waals surface area contributed by atoms with Gasteiger partial charge in [0, 0.05) is 23.8 Å². The number of hydrogen-bond acceptors (Lipinski definition) is 4. The Hall–Kier alpha value is -3.21. The van der Waals surface area contributed by atoms with Gasteiger partial charge in [-0.25, -0.2) is 0 Å². The van der Waals surface area contributed by atoms with Gasteiger partial charge in [0.15, 0.2) is 0 Å². The SMILES string of the molecule is Cc1ccc(Nc2ccnc(C(=O)NCc3ccccn3)c2)cc1. The van der Waals surface area contributed by atoms with E-state index in [-0.39, 0.29) is 5.91 Å². The highest BCUT2D eigenvalue weighted by atomic mass is 16.1. The maximum atomic E-state index is 12.2. The number of carbonyl (C=O) groups excluding carboxylic acids is 1. The lowest BCUT2D eigenvalue weighted by molar-refractivity contribution is 0.0945. The van der Waals surface area contributed by atoms with Crippen LogP contribution in [0.1, 0.15) is 21.7 Å². The van der Waals surface area contributed by atoms with Gasteiger partial charge in [0.2, 0.25) is 0 Å². The summed E-state index contributed by atoms with van der Waals surface area (Å²) < 4.78 is 0. The highest BCUT2D eigenvalue weighted by Crippen LogP contribution is 2.17. The third-order valence-corrected chi connectivity index (χ3v) is 3.49. The predicted molar refractivity (Wildman–Crippen MR) is 94.1 cm³/mol. The van der Waals surface area contributed by atoms with Crippen LogP contribution < -0.4 is 10.6 Å². The molecular weight excluding hydrogens is 300 g/mol. The van der Waals surface area contributed by atoms with Crippen LogP contribution in [0.3, 0.4) is 0 Å². The number of rotatable bonds is 5. The van der Waals surface area contributed by atoms with Crippen LogP contribution in [0.15, 0.2) is 67.0 Å². The lowest BCUT2D eigenvalue weighted by Gasteiger charge is -2.09. The fraction of sp³-hybridized carbons (Fsp3) is 0.105. The molecule has 2 aromatic heterocycles. The molecule has 0 atom stereocenters. The number of anilines is 2. The van der Waals surface area contributed by atoms with Gasteiger partial charge in [0.05, 0.1) is 12.2 Å². The first-order valence-electron chi connectivity index (χ1n) is 7.68. The highest BCUT2D eigenvalue weighted by Gasteiger charge is 2.08. The van der Waals surface area contributed by atoms with Crippen molar-refractivity contribution in [2.24, 2.45) is 0 Å². The molecule has 0 unspecified atom stereocenters. The molecule has 3 aromatic rings. The highest BCUT2D eigenvalue weighted by molar-refractivity contribution is 5.93. The Balaban J connectivity index is 1.65. The van der Waals surface area contributed by atoms with E-state index in [0.717, 1.165) is 17.1 Å². The Kier molecular flexibility index (Phi) is 4.81. The first-order valence-corrected chi connectivity index (χ1v) is 7.68. The fourth-order valence-corrected chi connectivity index (χ4v) is 2.20. The average molecular weight is 318 g/mol. The van der Waals surface area contributed by atoms with Gasteiger partial charge in [-0.2, -0.15) is 0 Å². The standard InChI is InChI=1S/C19H18N4O/c1-14-5-7-15(8-6-14)23-16-9-11-21-18(12-16)19(24)22-13-17-4-2-3-10-20-17/h2-12H,13H2,1H3,(H,21,23)(H,22,24). The molecule has 3 rings (SSSR count). The van der Waals surface area contributed by atoms with E-state index in [1.165, 1.54) is 5.56 Å². The zero-order valence-corrected chi connectivity index (χ0v) is 13.4. The van der Waals surface area contributed by atoms with Gasteiger partial charge in [-0.3, -0.25) is 14.8 Å². The van der Waals surface area contributed by atoms with E-state index >= 15 is 0 Å². The number of aromatic nitrogens is 2. The van der Waals surface area contributed by atoms with E-state index in [0.29, 0.717) is 12.2 Å². The minimum atomic E-state index is -0.229. The molecule has 0 bridgehead atoms. The van der Waals surface area contributed by atoms with Crippen molar-refractivity contribution in [3.8, 4) is 0 Å². The molecule has 0 aliphatic rings. The Morgan fingerprint density at radius 1 is 0.958 bits per heavy atom. The van der Waals surface area contributed by atoms with Crippen LogP contribution in [0.5, 0.6) is 0 Å². The molecule has 1 amide bonds. The number of amides is 1. The number of carbonyl (C=O) groups is 1. The van der Waals surface area contributed by atoms with Crippen molar-refractivity contribution in [3.05, 3.63) is 83.9 Å². The summed E-state index contributed by atoms with van der Waals surface area (Å²) in [6.45, 7) is 2.41. The zero-order chi connectivity index (χ0) is 16.8. The molecule has 2 N–H and O–H groups in total. The van der Waals surface area contributed by atoms with Gasteiger partial charge in [0.1, 0.15) is 5.69 Å². The van der Waals surface area contributed by atoms with Crippen LogP contribution in [0.25, 0.3) is 0 Å². The van der Waals surface area contributed by atoms with Crippen LogP contribution in [0.2, 0.25) is 0 Å². The summed E-state index contributed by atoms with van der Waals surface area (Å²) >= 11 is 0. The lowest BCUT2D eigenvalue weighted by atomic mass is 10.2. The first kappa shape index (κ1) is 15.7. The Bertz CT molecular complexity index is 816. The Morgan fingerprint density at radius 2 is 1.79 bits per heavy atom. The second kappa shape index (κ2) is 7.37. The van der Waals surface area contributed by atoms with Crippen LogP contribution in [0.4, 0.5) is 11.4 Å². The largest absolute Gasteiger partial charge is 0.355 e. The number of hydrogen-bond donors (Lipinski definition) is 2. The summed E-state index contributed by atoms with van der Waals surface area (Å²) in [6.07, 6.45) is 3.32. The first-order chi connectivity index (χ1) is 11.7. The molecule has 0 spiro atoms. The van der Waals surface area contributed by atoms with Gasteiger partial charge in [0.25, 0.3) is 5.91 Å². The molecule has 0 aliphatic heterocycles. The second-order valence-corrected chi connectivity index (χ2v) is 5.42. The smallest absolute Gasteiger partial charge is 0.270 e. The van der Waals surface area contributed by atoms with Crippen molar-refractivity contribution in [3.63, 3.8) is 0 Å². The van der Waals surface area contributed by atoms with Gasteiger partial charge in [-0.15, -0.1) is 0 Å². The summed E-state index contributed by atoms with van der Waals surface area (Å²) in [6, 6.07) is 17.2. The van der Waals surface area contributed by atoms with Gasteiger partial charge < -0.3 is 10.6 Å². The fourth-order valence-electron chi connectivity index (χ4n) is 2.20. The number of nitrogens with zero attached hydrogens (tertiary/aromatic N) is 2. The third kappa shape index (κ3) is 4.16. The molecule has 2 heterocycles. The third-order valence-electron chi connectivity index (χ3n) is 3.49. The maximum Gasteiger partial charge on any atom is 0.270 e. The predicted octanol–water partition coefficient (Wildman–Crippen LogP) is 3.46. The minimum Gasteiger partial charge on any atom is -0.355 e. The van der Waals surface area contributed by atoms with Crippen LogP contribution in [-0.4, -0.2) is 15.9 Å². The van der Waals surface area contributed by atoms with Crippen molar-refractivity contribution in [2.75, 3.05) is 5.32 Å². The molecule has 0 fully saturated rings. The minimum absolute atomic E-state index is 0.229. The van der Waals surface area contributed by atoms with Crippen molar-refractivity contribution in [1.29, 1.82) is 0 Å². The topological polar surface area (TPSA) is 66.9 Å². The zero-order valence-electron chi connectivity index (χ0n) is 13.4. The van der Waals surface area contributed by atoms with E-state index < -0.39 is 0 Å². The molecule has 5 nitrogen and oxygen atoms in total. The van der Waals surface area contributed by atoms with Crippen molar-refractivity contribution in [2.45, 2.75) is 13.5 Å². The van der Waals surface area contributed by atoms with Crippen molar-refractivity contribution < 1.29 is 4.79 Å². The lowest BCUT2D eigenvalue weighted by Crippen LogP contribution is -2.24. The van der Waals surface area contributed by atoms with E-state index in [9.17, 15) is 4.79 Å². The molecular formula is C19H18N4O. The molecule has 0 aliphatic carbocycles. The van der Waals surface area contributed by atoms with E-state index in [4.69, 9.17) is 0 Å². The van der Waals surface area contributed by atoms with Crippen LogP contribution >= 0.6 is 0 Å². The maximum absolute atomic E-state index is 12.2. The molecule has 120 valence electrons. The van der Waals surface area contributed by atoms with Crippen LogP contribution in [0, 0.1) is 6.92 Å². The number of benzene rings is 1. The summed E-state index contributed by atoms with van der Waals surface area (Å²) in [7, 11) is 0. The molecule has 0 saturated heterocycles. The Morgan fingerprint density at radius 3 is 2.54 bits per heavy atom. The van der Waals surface area contributed by atoms with Gasteiger partial charge in [-0.1, -0.05) is 23.8 Å². The van der Waals surface area contributed by atoms with Crippen molar-refractivity contribution in [1.82, 2.24) is 15.3 Å². The molecule has 0 saturated carbocycles. The summed E-state index contributed by atoms with van der Waals surface area (Å²) in [5, 5.41) is 6.09. The summed E-state index contributed by atoms with van der Waals surface area (Å²) in [5.74, 6) is -0.229. The monoisotopic (exact) mass is 318 g/mol. The van der Waals surface area contributed by atoms with Crippen molar-refractivity contribution >= 4 is 17.3 Å². The van der Waals surface area contributed by atoms with Crippen LogP contribution in [-0.2, 0) is 6.54 Å². The molecule has 24 heavy (non-hydrogen) atoms.